The van der Waals surface area contributed by atoms with Gasteiger partial charge in [0.1, 0.15) is 0 Å². The lowest BCUT2D eigenvalue weighted by Crippen LogP contribution is -2.14. The van der Waals surface area contributed by atoms with Crippen LogP contribution >= 0.6 is 0 Å². The van der Waals surface area contributed by atoms with E-state index in [4.69, 9.17) is 0 Å². The SMILES string of the molecule is [CH2]NCCCS(=O)(=O)Cc1ccccc1. The maximum atomic E-state index is 11.6. The molecule has 3 nitrogen and oxygen atoms in total. The Bertz CT molecular complexity index is 373. The molecule has 0 spiro atoms. The van der Waals surface area contributed by atoms with E-state index in [0.29, 0.717) is 13.0 Å². The van der Waals surface area contributed by atoms with Gasteiger partial charge in [-0.1, -0.05) is 30.3 Å². The largest absolute Gasteiger partial charge is 0.315 e. The van der Waals surface area contributed by atoms with Crippen molar-refractivity contribution in [2.75, 3.05) is 12.3 Å². The fourth-order valence-electron chi connectivity index (χ4n) is 1.32. The lowest BCUT2D eigenvalue weighted by atomic mass is 10.2. The van der Waals surface area contributed by atoms with E-state index in [1.807, 2.05) is 30.3 Å². The molecule has 1 N–H and O–H groups in total. The van der Waals surface area contributed by atoms with Gasteiger partial charge in [0.05, 0.1) is 11.5 Å². The average molecular weight is 226 g/mol. The fourth-order valence-corrected chi connectivity index (χ4v) is 2.75. The van der Waals surface area contributed by atoms with Crippen LogP contribution in [0.25, 0.3) is 0 Å². The van der Waals surface area contributed by atoms with Crippen LogP contribution in [-0.2, 0) is 15.6 Å². The van der Waals surface area contributed by atoms with Crippen LogP contribution in [0.4, 0.5) is 0 Å². The zero-order valence-electron chi connectivity index (χ0n) is 8.65. The zero-order chi connectivity index (χ0) is 11.1. The summed E-state index contributed by atoms with van der Waals surface area (Å²) in [6.07, 6.45) is 0.610. The molecule has 0 unspecified atom stereocenters. The molecule has 0 aliphatic rings. The quantitative estimate of drug-likeness (QED) is 0.745. The van der Waals surface area contributed by atoms with Crippen LogP contribution in [0.3, 0.4) is 0 Å². The van der Waals surface area contributed by atoms with Crippen molar-refractivity contribution < 1.29 is 8.42 Å². The molecule has 1 radical (unpaired) electrons. The summed E-state index contributed by atoms with van der Waals surface area (Å²) in [5, 5.41) is 2.69. The van der Waals surface area contributed by atoms with Crippen molar-refractivity contribution in [3.05, 3.63) is 42.9 Å². The summed E-state index contributed by atoms with van der Waals surface area (Å²) in [6, 6.07) is 9.24. The van der Waals surface area contributed by atoms with E-state index in [1.165, 1.54) is 0 Å². The highest BCUT2D eigenvalue weighted by Gasteiger charge is 2.10. The number of rotatable bonds is 6. The van der Waals surface area contributed by atoms with Crippen molar-refractivity contribution in [3.63, 3.8) is 0 Å². The van der Waals surface area contributed by atoms with Crippen LogP contribution in [0, 0.1) is 7.05 Å². The highest BCUT2D eigenvalue weighted by molar-refractivity contribution is 7.90. The standard InChI is InChI=1S/C11H16NO2S/c1-12-8-5-9-15(13,14)10-11-6-3-2-4-7-11/h2-4,6-7,12H,1,5,8-10H2. The van der Waals surface area contributed by atoms with Crippen LogP contribution in [-0.4, -0.2) is 20.7 Å². The molecule has 0 amide bonds. The summed E-state index contributed by atoms with van der Waals surface area (Å²) in [5.41, 5.74) is 0.847. The molecule has 4 heteroatoms. The van der Waals surface area contributed by atoms with Crippen molar-refractivity contribution >= 4 is 9.84 Å². The van der Waals surface area contributed by atoms with Gasteiger partial charge in [-0.2, -0.15) is 0 Å². The van der Waals surface area contributed by atoms with Gasteiger partial charge in [0.15, 0.2) is 9.84 Å². The minimum absolute atomic E-state index is 0.130. The first kappa shape index (κ1) is 12.2. The first-order valence-corrected chi connectivity index (χ1v) is 6.70. The molecule has 0 saturated carbocycles. The second kappa shape index (κ2) is 5.88. The van der Waals surface area contributed by atoms with Crippen LogP contribution in [0.2, 0.25) is 0 Å². The van der Waals surface area contributed by atoms with Gasteiger partial charge in [-0.3, -0.25) is 0 Å². The zero-order valence-corrected chi connectivity index (χ0v) is 9.46. The summed E-state index contributed by atoms with van der Waals surface area (Å²) in [6.45, 7) is 0.633. The predicted octanol–water partition coefficient (Wildman–Crippen LogP) is 1.37. The molecule has 0 atom stereocenters. The van der Waals surface area contributed by atoms with Crippen LogP contribution in [0.1, 0.15) is 12.0 Å². The number of sulfone groups is 1. The van der Waals surface area contributed by atoms with Crippen molar-refractivity contribution in [2.24, 2.45) is 0 Å². The Morgan fingerprint density at radius 2 is 1.87 bits per heavy atom. The Labute approximate surface area is 91.4 Å². The Kier molecular flexibility index (Phi) is 4.78. The highest BCUT2D eigenvalue weighted by atomic mass is 32.2. The molecular weight excluding hydrogens is 210 g/mol. The fraction of sp³-hybridized carbons (Fsp3) is 0.364. The number of nitrogens with one attached hydrogen (secondary N) is 1. The molecule has 0 heterocycles. The van der Waals surface area contributed by atoms with Crippen LogP contribution in [0.5, 0.6) is 0 Å². The minimum Gasteiger partial charge on any atom is -0.315 e. The second-order valence-corrected chi connectivity index (χ2v) is 5.62. The van der Waals surface area contributed by atoms with Crippen molar-refractivity contribution in [1.29, 1.82) is 0 Å². The molecule has 0 saturated heterocycles. The lowest BCUT2D eigenvalue weighted by Gasteiger charge is -2.03. The van der Waals surface area contributed by atoms with Crippen molar-refractivity contribution in [3.8, 4) is 0 Å². The molecule has 1 rings (SSSR count). The lowest BCUT2D eigenvalue weighted by molar-refractivity contribution is 0.591. The van der Waals surface area contributed by atoms with Crippen LogP contribution < -0.4 is 5.32 Å². The van der Waals surface area contributed by atoms with Gasteiger partial charge in [0, 0.05) is 7.05 Å². The van der Waals surface area contributed by atoms with E-state index in [1.54, 1.807) is 0 Å². The normalized spacial score (nSPS) is 11.5. The van der Waals surface area contributed by atoms with Gasteiger partial charge in [-0.25, -0.2) is 8.42 Å². The monoisotopic (exact) mass is 226 g/mol. The maximum Gasteiger partial charge on any atom is 0.154 e. The minimum atomic E-state index is -2.97. The molecular formula is C11H16NO2S. The number of benzene rings is 1. The molecule has 1 aromatic rings. The Hall–Kier alpha value is -0.870. The summed E-state index contributed by atoms with van der Waals surface area (Å²) in [5.74, 6) is 0.343. The molecule has 15 heavy (non-hydrogen) atoms. The van der Waals surface area contributed by atoms with Gasteiger partial charge in [-0.05, 0) is 18.5 Å². The van der Waals surface area contributed by atoms with Gasteiger partial charge >= 0.3 is 0 Å². The summed E-state index contributed by atoms with van der Waals surface area (Å²) < 4.78 is 23.3. The number of hydrogen-bond donors (Lipinski definition) is 1. The summed E-state index contributed by atoms with van der Waals surface area (Å²) in [4.78, 5) is 0. The first-order valence-electron chi connectivity index (χ1n) is 4.88. The maximum absolute atomic E-state index is 11.6. The third-order valence-corrected chi connectivity index (χ3v) is 3.72. The molecule has 0 aliphatic carbocycles. The second-order valence-electron chi connectivity index (χ2n) is 3.43. The van der Waals surface area contributed by atoms with Gasteiger partial charge in [-0.15, -0.1) is 0 Å². The number of hydrogen-bond acceptors (Lipinski definition) is 3. The van der Waals surface area contributed by atoms with E-state index in [0.717, 1.165) is 5.56 Å². The van der Waals surface area contributed by atoms with E-state index >= 15 is 0 Å². The van der Waals surface area contributed by atoms with Crippen molar-refractivity contribution in [2.45, 2.75) is 12.2 Å². The Morgan fingerprint density at radius 3 is 2.47 bits per heavy atom. The van der Waals surface area contributed by atoms with Gasteiger partial charge in [0.25, 0.3) is 0 Å². The van der Waals surface area contributed by atoms with Gasteiger partial charge < -0.3 is 5.32 Å². The molecule has 0 fully saturated rings. The Morgan fingerprint density at radius 1 is 1.20 bits per heavy atom. The third-order valence-electron chi connectivity index (χ3n) is 2.04. The van der Waals surface area contributed by atoms with E-state index in [-0.39, 0.29) is 11.5 Å². The summed E-state index contributed by atoms with van der Waals surface area (Å²) >= 11 is 0. The predicted molar refractivity (Wildman–Crippen MR) is 61.9 cm³/mol. The van der Waals surface area contributed by atoms with E-state index in [2.05, 4.69) is 12.4 Å². The summed E-state index contributed by atoms with van der Waals surface area (Å²) in [7, 11) is 0.470. The van der Waals surface area contributed by atoms with E-state index < -0.39 is 9.84 Å². The molecule has 0 aromatic heterocycles. The smallest absolute Gasteiger partial charge is 0.154 e. The van der Waals surface area contributed by atoms with Crippen LogP contribution in [0.15, 0.2) is 30.3 Å². The molecule has 0 aliphatic heterocycles. The average Bonchev–Trinajstić information content (AvgIpc) is 2.18. The third kappa shape index (κ3) is 4.95. The van der Waals surface area contributed by atoms with Crippen molar-refractivity contribution in [1.82, 2.24) is 5.32 Å². The molecule has 83 valence electrons. The topological polar surface area (TPSA) is 46.2 Å². The Balaban J connectivity index is 2.50. The highest BCUT2D eigenvalue weighted by Crippen LogP contribution is 2.06. The first-order chi connectivity index (χ1) is 7.14. The molecule has 0 bridgehead atoms. The van der Waals surface area contributed by atoms with Gasteiger partial charge in [0.2, 0.25) is 0 Å². The molecule has 1 aromatic carbocycles. The van der Waals surface area contributed by atoms with E-state index in [9.17, 15) is 8.42 Å².